The number of anilines is 1. The molecule has 40 heteroatoms. The molecule has 6 fully saturated rings. The molecule has 712 valence electrons. The van der Waals surface area contributed by atoms with E-state index in [0.717, 1.165) is 56.4 Å². The van der Waals surface area contributed by atoms with Gasteiger partial charge in [-0.05, 0) is 221 Å². The van der Waals surface area contributed by atoms with Gasteiger partial charge in [0.25, 0.3) is 0 Å². The number of likely N-dealkylation sites (N-methyl/N-ethyl adjacent to an activating group) is 3. The fraction of sp³-hybridized carbons (Fsp3) is 0.511. The summed E-state index contributed by atoms with van der Waals surface area (Å²) in [4.78, 5) is 139. The third-order valence-corrected chi connectivity index (χ3v) is 26.1. The summed E-state index contributed by atoms with van der Waals surface area (Å²) >= 11 is 14.6. The molecule has 0 spiro atoms. The van der Waals surface area contributed by atoms with Crippen LogP contribution in [0.5, 0.6) is 51.7 Å². The van der Waals surface area contributed by atoms with Crippen LogP contribution in [-0.2, 0) is 52.6 Å². The van der Waals surface area contributed by atoms with Crippen molar-refractivity contribution in [3.63, 3.8) is 0 Å². The van der Waals surface area contributed by atoms with Gasteiger partial charge in [-0.3, -0.25) is 43.7 Å². The summed E-state index contributed by atoms with van der Waals surface area (Å²) in [6.07, 6.45) is -15.2. The number of halogens is 2. The number of carbonyl (C=O) groups excluding carboxylic acids is 9. The zero-order valence-electron chi connectivity index (χ0n) is 74.0. The fourth-order valence-electron chi connectivity index (χ4n) is 19.1. The normalized spacial score (nSPS) is 29.3. The van der Waals surface area contributed by atoms with Crippen LogP contribution in [0.3, 0.4) is 0 Å². The molecule has 0 aromatic heterocycles. The number of phenolic OH excluding ortho intramolecular Hbond substituents is 1. The van der Waals surface area contributed by atoms with Gasteiger partial charge in [0.1, 0.15) is 103 Å². The minimum atomic E-state index is -2.34. The lowest BCUT2D eigenvalue weighted by Gasteiger charge is -2.54. The average molecular weight is 1870 g/mol. The van der Waals surface area contributed by atoms with Crippen molar-refractivity contribution >= 4 is 82.2 Å². The minimum absolute atomic E-state index is 0.0185. The van der Waals surface area contributed by atoms with Crippen LogP contribution < -0.4 is 98.4 Å². The molecule has 22 N–H and O–H groups in total. The summed E-state index contributed by atoms with van der Waals surface area (Å²) < 4.78 is 57.5. The summed E-state index contributed by atoms with van der Waals surface area (Å²) in [6.45, 7) is 14.2. The number of benzene rings is 6. The first-order valence-electron chi connectivity index (χ1n) is 44.4. The number of hydrogen-bond donors (Lipinski definition) is 20. The second-order valence-electron chi connectivity index (χ2n) is 35.7. The Morgan fingerprint density at radius 3 is 1.89 bits per heavy atom. The summed E-state index contributed by atoms with van der Waals surface area (Å²) in [5.41, 5.74) is 10.2. The Labute approximate surface area is 770 Å². The highest BCUT2D eigenvalue weighted by Crippen LogP contribution is 2.55. The Morgan fingerprint density at radius 2 is 1.28 bits per heavy atom. The molecule has 38 nitrogen and oxygen atoms in total. The first-order valence-corrected chi connectivity index (χ1v) is 45.2. The standard InChI is InChI=1S/C92H115Cl2N13O25/c1-9-98-19-21-124-62-18-14-51(35-63(62)125-22-20-99-10-2)100-91(123)127-52-24-41(5)69-53-30-45(11-15-59(53)109)71-85(118)107-75(89(122)105-73(54(69)36-52)87(120)102-70-48-26-43-25-44(28-48)29-49(70)27-43)77(112)47-13-17-61(56(94)32-47)129-65-34-50-33-64(80(65)132-90-81(79(114)78(113)66(39-108)130-90)131-68-38-92(7,96)82(115)42(6)126-68)128-60-16-12-46(31-55(60)93)76(111)74(106-83(116)57(97-8)23-40(3)4)88(121)101-58(37-67(95)110)84(117)103-72(50)86(119)104-71/h11-18,24,30-36,40,42-44,48-49,57-58,66,68,70-79,81-82,90,97-99,108-109,111-115H,9-10,19-23,25-29,37-39,96H2,1-8H3,(H2,95,110)(H,100,123)(H,101,121)(H,102,120)(H,103,117)(H,104,119)(H,105,122)(H,106,116)(H,107,118)/t42-,43?,44?,48?,49?,57+,58-,66+,68-,70?,71+,72+,73-,74+,75-,76+,77+,78+,79-,81+,82+,90-,92-/m0/s1. The summed E-state index contributed by atoms with van der Waals surface area (Å²) in [6, 6.07) is 6.48. The number of aromatic hydroxyl groups is 1. The molecule has 4 saturated carbocycles. The number of amides is 9. The fourth-order valence-corrected chi connectivity index (χ4v) is 19.5. The molecule has 4 aliphatic carbocycles. The van der Waals surface area contributed by atoms with E-state index in [-0.39, 0.29) is 104 Å². The van der Waals surface area contributed by atoms with Crippen LogP contribution in [0.15, 0.2) is 97.1 Å². The Bertz CT molecular complexity index is 5280. The van der Waals surface area contributed by atoms with Crippen LogP contribution in [0.4, 0.5) is 10.5 Å². The molecule has 11 aliphatic rings. The zero-order chi connectivity index (χ0) is 94.6. The van der Waals surface area contributed by atoms with Gasteiger partial charge in [0.15, 0.2) is 35.4 Å². The van der Waals surface area contributed by atoms with E-state index in [1.807, 2.05) is 27.7 Å². The molecule has 6 aromatic rings. The Balaban J connectivity index is 0.944. The molecular weight excluding hydrogens is 1760 g/mol. The van der Waals surface area contributed by atoms with Gasteiger partial charge in [0.05, 0.1) is 41.3 Å². The van der Waals surface area contributed by atoms with Gasteiger partial charge in [0.2, 0.25) is 59.3 Å². The van der Waals surface area contributed by atoms with Crippen molar-refractivity contribution in [3.8, 4) is 62.9 Å². The number of nitrogens with two attached hydrogens (primary N) is 2. The third kappa shape index (κ3) is 21.8. The van der Waals surface area contributed by atoms with Gasteiger partial charge in [-0.15, -0.1) is 0 Å². The largest absolute Gasteiger partial charge is 0.507 e. The van der Waals surface area contributed by atoms with Crippen molar-refractivity contribution in [1.29, 1.82) is 0 Å². The monoisotopic (exact) mass is 1870 g/mol. The number of hydrogen-bond acceptors (Lipinski definition) is 29. The van der Waals surface area contributed by atoms with Gasteiger partial charge in [-0.2, -0.15) is 0 Å². The van der Waals surface area contributed by atoms with Crippen LogP contribution >= 0.6 is 23.2 Å². The molecular formula is C92H115Cl2N13O25. The van der Waals surface area contributed by atoms with E-state index in [4.69, 9.17) is 77.3 Å². The second-order valence-corrected chi connectivity index (χ2v) is 36.5. The first-order chi connectivity index (χ1) is 63.0. The average Bonchev–Trinajstić information content (AvgIpc) is 0.753. The molecule has 9 amide bonds. The molecule has 132 heavy (non-hydrogen) atoms. The van der Waals surface area contributed by atoms with Crippen LogP contribution in [0, 0.1) is 36.5 Å². The first kappa shape index (κ1) is 97.2. The van der Waals surface area contributed by atoms with Gasteiger partial charge in [-0.25, -0.2) is 4.79 Å². The third-order valence-electron chi connectivity index (χ3n) is 25.5. The van der Waals surface area contributed by atoms with Crippen molar-refractivity contribution in [1.82, 2.24) is 53.2 Å². The van der Waals surface area contributed by atoms with Gasteiger partial charge < -0.3 is 143 Å². The molecule has 18 atom stereocenters. The van der Waals surface area contributed by atoms with E-state index in [2.05, 4.69) is 58.5 Å². The van der Waals surface area contributed by atoms with Crippen molar-refractivity contribution in [2.45, 2.75) is 215 Å². The van der Waals surface area contributed by atoms with Crippen LogP contribution in [0.25, 0.3) is 11.1 Å². The highest BCUT2D eigenvalue weighted by Gasteiger charge is 2.53. The Kier molecular flexibility index (Phi) is 30.8. The van der Waals surface area contributed by atoms with Crippen molar-refractivity contribution < 1.29 is 122 Å². The van der Waals surface area contributed by atoms with E-state index in [1.54, 1.807) is 25.1 Å². The summed E-state index contributed by atoms with van der Waals surface area (Å²) in [5, 5.41) is 114. The summed E-state index contributed by atoms with van der Waals surface area (Å²) in [7, 11) is 1.49. The van der Waals surface area contributed by atoms with Crippen molar-refractivity contribution in [2.24, 2.45) is 41.1 Å². The number of phenols is 1. The lowest BCUT2D eigenvalue weighted by molar-refractivity contribution is -0.333. The number of ether oxygens (including phenoxy) is 9. The highest BCUT2D eigenvalue weighted by atomic mass is 35.5. The van der Waals surface area contributed by atoms with Crippen LogP contribution in [-0.4, -0.2) is 227 Å². The Morgan fingerprint density at radius 1 is 0.667 bits per heavy atom. The summed E-state index contributed by atoms with van der Waals surface area (Å²) in [5.74, 6) is -11.1. The molecule has 15 bridgehead atoms. The molecule has 7 heterocycles. The lowest BCUT2D eigenvalue weighted by Crippen LogP contribution is -2.64. The van der Waals surface area contributed by atoms with Crippen LogP contribution in [0.1, 0.15) is 157 Å². The van der Waals surface area contributed by atoms with E-state index >= 15 is 28.8 Å². The number of aliphatic hydroxyl groups excluding tert-OH is 6. The zero-order valence-corrected chi connectivity index (χ0v) is 75.5. The number of carbonyl (C=O) groups is 9. The van der Waals surface area contributed by atoms with E-state index in [9.17, 15) is 50.1 Å². The number of nitrogens with one attached hydrogen (secondary N) is 11. The predicted octanol–water partition coefficient (Wildman–Crippen LogP) is 4.45. The molecule has 17 rings (SSSR count). The minimum Gasteiger partial charge on any atom is -0.507 e. The number of aliphatic hydroxyl groups is 6. The van der Waals surface area contributed by atoms with Crippen LogP contribution in [0.2, 0.25) is 10.0 Å². The molecule has 2 saturated heterocycles. The topological polar surface area (TPSA) is 563 Å². The maximum Gasteiger partial charge on any atom is 0.417 e. The molecule has 0 unspecified atom stereocenters. The number of primary amides is 1. The van der Waals surface area contributed by atoms with E-state index < -0.39 is 215 Å². The maximum atomic E-state index is 16.7. The van der Waals surface area contributed by atoms with E-state index in [0.29, 0.717) is 56.1 Å². The quantitative estimate of drug-likeness (QED) is 0.0334. The Hall–Kier alpha value is -10.8. The molecule has 6 aromatic carbocycles. The van der Waals surface area contributed by atoms with Gasteiger partial charge >= 0.3 is 6.09 Å². The highest BCUT2D eigenvalue weighted by molar-refractivity contribution is 6.32. The van der Waals surface area contributed by atoms with E-state index in [1.165, 1.54) is 75.5 Å². The number of aryl methyl sites for hydroxylation is 1. The lowest BCUT2D eigenvalue weighted by atomic mass is 9.54. The molecule has 0 radical (unpaired) electrons. The smallest absolute Gasteiger partial charge is 0.417 e. The number of fused-ring (bicyclic) bond motifs is 15. The number of rotatable bonds is 26. The SMILES string of the molecule is CCNCCOc1ccc(NC(=O)Oc2cc(C)c3c(c2)[C@@H](C(=O)NC2C4CC5CC(C4)CC2C5)NC(=O)[C@H]2NC(=O)[C@H](NC(=O)[C@@H]4NC(=O)[C@H](CC(N)=O)NC(=O)[C@H](NC(=O)[C@@H](CC(C)C)NC)[C@H](O)c5ccc(c(Cl)c5)Oc5cc4cc(c5O[C@@H]4O[C@H](CO)[C@@H](O)[C@H](O)[C@H]4O[C@H]4C[C@](C)(N)[C@H](O)[C@H](C)O4)Oc4ccc(cc4Cl)[C@H]2O)c2ccc(O)c-3c2)cc1OCCNCC. The van der Waals surface area contributed by atoms with Gasteiger partial charge in [-0.1, -0.05) is 69.1 Å². The predicted molar refractivity (Wildman–Crippen MR) is 476 cm³/mol. The van der Waals surface area contributed by atoms with Crippen molar-refractivity contribution in [2.75, 3.05) is 58.4 Å². The van der Waals surface area contributed by atoms with Crippen molar-refractivity contribution in [3.05, 3.63) is 140 Å². The maximum absolute atomic E-state index is 16.7. The molecule has 7 aliphatic heterocycles. The van der Waals surface area contributed by atoms with Gasteiger partial charge in [0, 0.05) is 48.4 Å². The second kappa shape index (κ2) is 41.8.